The van der Waals surface area contributed by atoms with Crippen molar-refractivity contribution in [2.24, 2.45) is 0 Å². The van der Waals surface area contributed by atoms with Crippen LogP contribution in [0.5, 0.6) is 0 Å². The number of nitrogens with zero attached hydrogens (tertiary/aromatic N) is 2. The normalized spacial score (nSPS) is 18.1. The molecule has 0 saturated carbocycles. The van der Waals surface area contributed by atoms with Crippen molar-refractivity contribution in [1.29, 1.82) is 0 Å². The number of hydroxylamine groups is 2. The zero-order valence-electron chi connectivity index (χ0n) is 11.1. The predicted octanol–water partition coefficient (Wildman–Crippen LogP) is 3.02. The molecule has 5 nitrogen and oxygen atoms in total. The third-order valence-electron chi connectivity index (χ3n) is 3.34. The van der Waals surface area contributed by atoms with Crippen LogP contribution in [0.4, 0.5) is 4.39 Å². The summed E-state index contributed by atoms with van der Waals surface area (Å²) < 4.78 is 14.6. The lowest BCUT2D eigenvalue weighted by Crippen LogP contribution is -2.34. The number of hydrogen-bond acceptors (Lipinski definition) is 4. The highest BCUT2D eigenvalue weighted by atomic mass is 79.9. The first-order valence-corrected chi connectivity index (χ1v) is 7.96. The molecular formula is C14H10BrFN2O3S. The van der Waals surface area contributed by atoms with Gasteiger partial charge in [0.25, 0.3) is 11.8 Å². The first-order valence-electron chi connectivity index (χ1n) is 6.29. The van der Waals surface area contributed by atoms with E-state index >= 15 is 0 Å². The molecule has 0 spiro atoms. The van der Waals surface area contributed by atoms with Gasteiger partial charge in [0.05, 0.1) is 9.35 Å². The van der Waals surface area contributed by atoms with Gasteiger partial charge in [-0.2, -0.15) is 5.06 Å². The van der Waals surface area contributed by atoms with E-state index in [4.69, 9.17) is 0 Å². The molecule has 22 heavy (non-hydrogen) atoms. The maximum absolute atomic E-state index is 13.8. The molecule has 2 amide bonds. The fraction of sp³-hybridized carbons (Fsp3) is 0.143. The Morgan fingerprint density at radius 1 is 1.41 bits per heavy atom. The van der Waals surface area contributed by atoms with Gasteiger partial charge < -0.3 is 4.90 Å². The fourth-order valence-electron chi connectivity index (χ4n) is 2.33. The molecule has 1 unspecified atom stereocenters. The minimum Gasteiger partial charge on any atom is -0.302 e. The molecule has 0 aliphatic carbocycles. The van der Waals surface area contributed by atoms with E-state index in [0.717, 1.165) is 8.69 Å². The molecule has 1 saturated heterocycles. The Kier molecular flexibility index (Phi) is 3.98. The molecule has 1 N–H and O–H groups in total. The molecule has 1 fully saturated rings. The van der Waals surface area contributed by atoms with Gasteiger partial charge in [-0.1, -0.05) is 12.1 Å². The van der Waals surface area contributed by atoms with E-state index in [0.29, 0.717) is 10.6 Å². The molecule has 1 aliphatic rings. The molecule has 0 radical (unpaired) electrons. The molecule has 8 heteroatoms. The van der Waals surface area contributed by atoms with Gasteiger partial charge in [0.1, 0.15) is 12.4 Å². The van der Waals surface area contributed by atoms with Crippen molar-refractivity contribution in [3.63, 3.8) is 0 Å². The van der Waals surface area contributed by atoms with Crippen LogP contribution in [-0.4, -0.2) is 33.5 Å². The van der Waals surface area contributed by atoms with Crippen molar-refractivity contribution in [1.82, 2.24) is 9.96 Å². The third kappa shape index (κ3) is 2.53. The molecule has 114 valence electrons. The summed E-state index contributed by atoms with van der Waals surface area (Å²) in [6, 6.07) is 7.26. The topological polar surface area (TPSA) is 60.9 Å². The summed E-state index contributed by atoms with van der Waals surface area (Å²) in [6.45, 7) is -0.304. The van der Waals surface area contributed by atoms with E-state index in [-0.39, 0.29) is 12.1 Å². The summed E-state index contributed by atoms with van der Waals surface area (Å²) in [6.07, 6.45) is -0.956. The van der Waals surface area contributed by atoms with Gasteiger partial charge in [0.15, 0.2) is 6.17 Å². The largest absolute Gasteiger partial charge is 0.302 e. The van der Waals surface area contributed by atoms with Gasteiger partial charge in [-0.05, 0) is 39.5 Å². The van der Waals surface area contributed by atoms with Crippen LogP contribution in [0.3, 0.4) is 0 Å². The molecule has 1 aromatic carbocycles. The zero-order chi connectivity index (χ0) is 15.9. The summed E-state index contributed by atoms with van der Waals surface area (Å²) in [5.74, 6) is -1.92. The van der Waals surface area contributed by atoms with Gasteiger partial charge in [0, 0.05) is 5.56 Å². The fourth-order valence-corrected chi connectivity index (χ4v) is 3.51. The first kappa shape index (κ1) is 15.1. The highest BCUT2D eigenvalue weighted by molar-refractivity contribution is 9.11. The highest BCUT2D eigenvalue weighted by Gasteiger charge is 2.42. The first-order chi connectivity index (χ1) is 10.5. The Morgan fingerprint density at radius 2 is 2.14 bits per heavy atom. The Morgan fingerprint density at radius 3 is 2.77 bits per heavy atom. The second-order valence-electron chi connectivity index (χ2n) is 4.71. The average Bonchev–Trinajstić information content (AvgIpc) is 3.03. The van der Waals surface area contributed by atoms with Gasteiger partial charge in [-0.3, -0.25) is 14.8 Å². The van der Waals surface area contributed by atoms with Gasteiger partial charge in [-0.15, -0.1) is 11.3 Å². The number of carbonyl (C=O) groups is 2. The van der Waals surface area contributed by atoms with E-state index < -0.39 is 23.8 Å². The molecule has 2 heterocycles. The summed E-state index contributed by atoms with van der Waals surface area (Å²) in [5, 5.41) is 12.2. The highest BCUT2D eigenvalue weighted by Crippen LogP contribution is 2.35. The number of halogens is 2. The molecular weight excluding hydrogens is 375 g/mol. The second-order valence-corrected chi connectivity index (χ2v) is 7.00. The van der Waals surface area contributed by atoms with Crippen molar-refractivity contribution < 1.29 is 19.2 Å². The van der Waals surface area contributed by atoms with Crippen molar-refractivity contribution >= 4 is 39.1 Å². The van der Waals surface area contributed by atoms with E-state index in [1.165, 1.54) is 29.5 Å². The van der Waals surface area contributed by atoms with E-state index in [1.54, 1.807) is 17.5 Å². The summed E-state index contributed by atoms with van der Waals surface area (Å²) >= 11 is 4.66. The summed E-state index contributed by atoms with van der Waals surface area (Å²) in [7, 11) is 0. The molecule has 1 aromatic heterocycles. The predicted molar refractivity (Wildman–Crippen MR) is 80.8 cm³/mol. The minimum absolute atomic E-state index is 0.134. The van der Waals surface area contributed by atoms with Crippen LogP contribution in [0.1, 0.15) is 22.1 Å². The number of amides is 2. The number of carbonyl (C=O) groups excluding carboxylic acids is 2. The minimum atomic E-state index is -0.956. The molecule has 2 aromatic rings. The van der Waals surface area contributed by atoms with Crippen LogP contribution in [0.15, 0.2) is 39.5 Å². The van der Waals surface area contributed by atoms with Crippen LogP contribution in [0, 0.1) is 5.82 Å². The third-order valence-corrected chi connectivity index (χ3v) is 4.86. The van der Waals surface area contributed by atoms with Crippen molar-refractivity contribution in [3.8, 4) is 0 Å². The Bertz CT molecular complexity index is 751. The Hall–Kier alpha value is -1.77. The number of thiophene rings is 1. The van der Waals surface area contributed by atoms with E-state index in [2.05, 4.69) is 15.9 Å². The van der Waals surface area contributed by atoms with Crippen LogP contribution in [0.2, 0.25) is 0 Å². The smallest absolute Gasteiger partial charge is 0.267 e. The van der Waals surface area contributed by atoms with Crippen LogP contribution >= 0.6 is 27.3 Å². The standard InChI is InChI=1S/C14H10BrFN2O3S/c15-11-5-8(7-22-11)13-17(6-12(19)18(13)21)14(20)9-3-1-2-4-10(9)16/h1-5,7,13,21H,6H2. The quantitative estimate of drug-likeness (QED) is 0.809. The van der Waals surface area contributed by atoms with Crippen LogP contribution in [0.25, 0.3) is 0 Å². The van der Waals surface area contributed by atoms with Gasteiger partial charge in [0.2, 0.25) is 0 Å². The SMILES string of the molecule is O=C1CN(C(=O)c2ccccc2F)C(c2csc(Br)c2)N1O. The van der Waals surface area contributed by atoms with E-state index in [1.807, 2.05) is 0 Å². The number of benzene rings is 1. The van der Waals surface area contributed by atoms with Crippen molar-refractivity contribution in [2.75, 3.05) is 6.54 Å². The molecule has 1 atom stereocenters. The lowest BCUT2D eigenvalue weighted by Gasteiger charge is -2.25. The Balaban J connectivity index is 1.99. The number of rotatable bonds is 2. The molecule has 0 bridgehead atoms. The lowest BCUT2D eigenvalue weighted by molar-refractivity contribution is -0.168. The monoisotopic (exact) mass is 384 g/mol. The zero-order valence-corrected chi connectivity index (χ0v) is 13.5. The summed E-state index contributed by atoms with van der Waals surface area (Å²) in [5.41, 5.74) is 0.444. The molecule has 1 aliphatic heterocycles. The average molecular weight is 385 g/mol. The Labute approximate surface area is 137 Å². The van der Waals surface area contributed by atoms with Gasteiger partial charge in [-0.25, -0.2) is 4.39 Å². The maximum atomic E-state index is 13.8. The van der Waals surface area contributed by atoms with Crippen molar-refractivity contribution in [3.05, 3.63) is 56.4 Å². The van der Waals surface area contributed by atoms with Crippen LogP contribution in [-0.2, 0) is 4.79 Å². The van der Waals surface area contributed by atoms with Crippen molar-refractivity contribution in [2.45, 2.75) is 6.17 Å². The maximum Gasteiger partial charge on any atom is 0.267 e. The van der Waals surface area contributed by atoms with Gasteiger partial charge >= 0.3 is 0 Å². The summed E-state index contributed by atoms with van der Waals surface area (Å²) in [4.78, 5) is 25.5. The number of hydrogen-bond donors (Lipinski definition) is 1. The lowest BCUT2D eigenvalue weighted by atomic mass is 10.1. The van der Waals surface area contributed by atoms with Crippen LogP contribution < -0.4 is 0 Å². The second kappa shape index (κ2) is 5.79. The molecule has 3 rings (SSSR count). The van der Waals surface area contributed by atoms with E-state index in [9.17, 15) is 19.2 Å².